The lowest BCUT2D eigenvalue weighted by atomic mass is 10.1. The molecule has 0 atom stereocenters. The van der Waals surface area contributed by atoms with E-state index in [-0.39, 0.29) is 5.91 Å². The fraction of sp³-hybridized carbons (Fsp3) is 0.500. The van der Waals surface area contributed by atoms with E-state index in [0.717, 1.165) is 0 Å². The van der Waals surface area contributed by atoms with Crippen LogP contribution in [0.3, 0.4) is 0 Å². The van der Waals surface area contributed by atoms with Crippen LogP contribution in [-0.2, 0) is 6.42 Å². The molecule has 0 aliphatic carbocycles. The monoisotopic (exact) mass is 168 g/mol. The molecule has 0 aromatic carbocycles. The van der Waals surface area contributed by atoms with Crippen LogP contribution in [0.25, 0.3) is 0 Å². The number of carbonyl (C=O) groups excluding carboxylic acids is 1. The number of rotatable bonds is 2. The van der Waals surface area contributed by atoms with E-state index in [1.54, 1.807) is 14.0 Å². The van der Waals surface area contributed by atoms with Gasteiger partial charge in [0.05, 0.1) is 5.69 Å². The molecule has 1 aromatic heterocycles. The number of amides is 1. The normalized spacial score (nSPS) is 9.92. The van der Waals surface area contributed by atoms with Crippen molar-refractivity contribution in [2.24, 2.45) is 0 Å². The summed E-state index contributed by atoms with van der Waals surface area (Å²) in [6, 6.07) is 0. The highest BCUT2D eigenvalue weighted by molar-refractivity contribution is 5.95. The Morgan fingerprint density at radius 3 is 2.83 bits per heavy atom. The zero-order valence-electron chi connectivity index (χ0n) is 7.47. The smallest absolute Gasteiger partial charge is 0.256 e. The maximum absolute atomic E-state index is 11.3. The van der Waals surface area contributed by atoms with Crippen LogP contribution < -0.4 is 5.32 Å². The Balaban J connectivity index is 3.10. The van der Waals surface area contributed by atoms with E-state index in [2.05, 4.69) is 10.5 Å². The summed E-state index contributed by atoms with van der Waals surface area (Å²) in [5.74, 6) is 0.441. The molecule has 0 radical (unpaired) electrons. The Morgan fingerprint density at radius 1 is 1.67 bits per heavy atom. The van der Waals surface area contributed by atoms with Gasteiger partial charge in [-0.1, -0.05) is 12.1 Å². The first-order valence-corrected chi connectivity index (χ1v) is 3.88. The second kappa shape index (κ2) is 3.38. The molecule has 0 aliphatic heterocycles. The second-order valence-corrected chi connectivity index (χ2v) is 2.49. The molecular weight excluding hydrogens is 156 g/mol. The molecule has 0 spiro atoms. The van der Waals surface area contributed by atoms with Crippen molar-refractivity contribution in [3.05, 3.63) is 17.0 Å². The molecule has 4 heteroatoms. The van der Waals surface area contributed by atoms with Gasteiger partial charge in [-0.3, -0.25) is 4.79 Å². The van der Waals surface area contributed by atoms with E-state index < -0.39 is 0 Å². The van der Waals surface area contributed by atoms with Crippen LogP contribution in [0.2, 0.25) is 0 Å². The van der Waals surface area contributed by atoms with Crippen LogP contribution in [0.4, 0.5) is 0 Å². The molecular formula is C8H12N2O2. The fourth-order valence-corrected chi connectivity index (χ4v) is 1.08. The third-order valence-corrected chi connectivity index (χ3v) is 1.72. The van der Waals surface area contributed by atoms with Crippen molar-refractivity contribution in [3.8, 4) is 0 Å². The van der Waals surface area contributed by atoms with Gasteiger partial charge in [0.2, 0.25) is 0 Å². The van der Waals surface area contributed by atoms with Crippen LogP contribution in [-0.4, -0.2) is 18.1 Å². The summed E-state index contributed by atoms with van der Waals surface area (Å²) in [5, 5.41) is 6.31. The number of hydrogen-bond acceptors (Lipinski definition) is 3. The highest BCUT2D eigenvalue weighted by Crippen LogP contribution is 2.12. The summed E-state index contributed by atoms with van der Waals surface area (Å²) in [6.07, 6.45) is 0.708. The minimum absolute atomic E-state index is 0.134. The number of hydrogen-bond donors (Lipinski definition) is 1. The molecule has 66 valence electrons. The summed E-state index contributed by atoms with van der Waals surface area (Å²) in [6.45, 7) is 3.67. The highest BCUT2D eigenvalue weighted by Gasteiger charge is 2.17. The Bertz CT molecular complexity index is 291. The van der Waals surface area contributed by atoms with Crippen molar-refractivity contribution >= 4 is 5.91 Å². The lowest BCUT2D eigenvalue weighted by Crippen LogP contribution is -2.19. The van der Waals surface area contributed by atoms with Gasteiger partial charge in [-0.2, -0.15) is 0 Å². The van der Waals surface area contributed by atoms with Crippen molar-refractivity contribution in [1.82, 2.24) is 10.5 Å². The molecule has 0 saturated carbocycles. The predicted molar refractivity (Wildman–Crippen MR) is 44.0 cm³/mol. The van der Waals surface area contributed by atoms with Gasteiger partial charge in [-0.15, -0.1) is 0 Å². The van der Waals surface area contributed by atoms with Gasteiger partial charge in [-0.05, 0) is 13.3 Å². The van der Waals surface area contributed by atoms with Gasteiger partial charge in [0, 0.05) is 7.05 Å². The van der Waals surface area contributed by atoms with Crippen molar-refractivity contribution in [1.29, 1.82) is 0 Å². The molecule has 0 unspecified atom stereocenters. The van der Waals surface area contributed by atoms with Crippen molar-refractivity contribution in [3.63, 3.8) is 0 Å². The topological polar surface area (TPSA) is 55.1 Å². The van der Waals surface area contributed by atoms with Crippen LogP contribution >= 0.6 is 0 Å². The SMILES string of the molecule is CCc1noc(C)c1C(=O)NC. The lowest BCUT2D eigenvalue weighted by Gasteiger charge is -1.97. The molecule has 4 nitrogen and oxygen atoms in total. The Kier molecular flexibility index (Phi) is 2.47. The summed E-state index contributed by atoms with van der Waals surface area (Å²) in [5.41, 5.74) is 1.28. The minimum Gasteiger partial charge on any atom is -0.361 e. The van der Waals surface area contributed by atoms with Crippen molar-refractivity contribution in [2.75, 3.05) is 7.05 Å². The zero-order valence-corrected chi connectivity index (χ0v) is 7.47. The van der Waals surface area contributed by atoms with Gasteiger partial charge >= 0.3 is 0 Å². The number of aromatic nitrogens is 1. The van der Waals surface area contributed by atoms with E-state index in [9.17, 15) is 4.79 Å². The van der Waals surface area contributed by atoms with Gasteiger partial charge in [-0.25, -0.2) is 0 Å². The molecule has 1 heterocycles. The Labute approximate surface area is 70.9 Å². The molecule has 0 aliphatic rings. The molecule has 0 fully saturated rings. The number of aryl methyl sites for hydroxylation is 2. The Morgan fingerprint density at radius 2 is 2.33 bits per heavy atom. The van der Waals surface area contributed by atoms with Gasteiger partial charge < -0.3 is 9.84 Å². The molecule has 0 bridgehead atoms. The van der Waals surface area contributed by atoms with E-state index in [0.29, 0.717) is 23.4 Å². The minimum atomic E-state index is -0.134. The van der Waals surface area contributed by atoms with Crippen LogP contribution in [0.1, 0.15) is 28.7 Å². The maximum Gasteiger partial charge on any atom is 0.256 e. The van der Waals surface area contributed by atoms with Crippen LogP contribution in [0, 0.1) is 6.92 Å². The first-order valence-electron chi connectivity index (χ1n) is 3.88. The summed E-state index contributed by atoms with van der Waals surface area (Å²) in [7, 11) is 1.59. The standard InChI is InChI=1S/C8H12N2O2/c1-4-6-7(8(11)9-3)5(2)12-10-6/h4H2,1-3H3,(H,9,11). The highest BCUT2D eigenvalue weighted by atomic mass is 16.5. The molecule has 1 rings (SSSR count). The van der Waals surface area contributed by atoms with Crippen molar-refractivity contribution < 1.29 is 9.32 Å². The first kappa shape index (κ1) is 8.77. The van der Waals surface area contributed by atoms with Gasteiger partial charge in [0.1, 0.15) is 11.3 Å². The molecule has 12 heavy (non-hydrogen) atoms. The third-order valence-electron chi connectivity index (χ3n) is 1.72. The first-order chi connectivity index (χ1) is 5.70. The average Bonchev–Trinajstić information content (AvgIpc) is 2.45. The van der Waals surface area contributed by atoms with Crippen molar-refractivity contribution in [2.45, 2.75) is 20.3 Å². The maximum atomic E-state index is 11.3. The van der Waals surface area contributed by atoms with E-state index >= 15 is 0 Å². The molecule has 1 amide bonds. The van der Waals surface area contributed by atoms with Gasteiger partial charge in [0.15, 0.2) is 0 Å². The van der Waals surface area contributed by atoms with Crippen LogP contribution in [0.5, 0.6) is 0 Å². The zero-order chi connectivity index (χ0) is 9.14. The second-order valence-electron chi connectivity index (χ2n) is 2.49. The van der Waals surface area contributed by atoms with E-state index in [4.69, 9.17) is 4.52 Å². The summed E-state index contributed by atoms with van der Waals surface area (Å²) < 4.78 is 4.90. The van der Waals surface area contributed by atoms with E-state index in [1.807, 2.05) is 6.92 Å². The van der Waals surface area contributed by atoms with E-state index in [1.165, 1.54) is 0 Å². The third kappa shape index (κ3) is 1.32. The molecule has 0 saturated heterocycles. The number of nitrogens with one attached hydrogen (secondary N) is 1. The summed E-state index contributed by atoms with van der Waals surface area (Å²) in [4.78, 5) is 11.3. The summed E-state index contributed by atoms with van der Waals surface area (Å²) >= 11 is 0. The average molecular weight is 168 g/mol. The largest absolute Gasteiger partial charge is 0.361 e. The quantitative estimate of drug-likeness (QED) is 0.714. The molecule has 1 N–H and O–H groups in total. The van der Waals surface area contributed by atoms with Crippen LogP contribution in [0.15, 0.2) is 4.52 Å². The number of carbonyl (C=O) groups is 1. The molecule has 1 aromatic rings. The lowest BCUT2D eigenvalue weighted by molar-refractivity contribution is 0.0961. The fourth-order valence-electron chi connectivity index (χ4n) is 1.08. The predicted octanol–water partition coefficient (Wildman–Crippen LogP) is 0.905. The Hall–Kier alpha value is -1.32. The van der Waals surface area contributed by atoms with Gasteiger partial charge in [0.25, 0.3) is 5.91 Å². The number of nitrogens with zero attached hydrogens (tertiary/aromatic N) is 1.